The summed E-state index contributed by atoms with van der Waals surface area (Å²) in [4.78, 5) is 0. The molecule has 2 heteroatoms. The second-order valence-corrected chi connectivity index (χ2v) is 4.09. The molecule has 0 amide bonds. The van der Waals surface area contributed by atoms with Crippen LogP contribution >= 0.6 is 0 Å². The van der Waals surface area contributed by atoms with Crippen molar-refractivity contribution in [3.8, 4) is 0 Å². The Kier molecular flexibility index (Phi) is 8.63. The van der Waals surface area contributed by atoms with Crippen molar-refractivity contribution in [3.05, 3.63) is 0 Å². The van der Waals surface area contributed by atoms with Crippen LogP contribution in [0.15, 0.2) is 0 Å². The molecule has 13 heavy (non-hydrogen) atoms. The van der Waals surface area contributed by atoms with Gasteiger partial charge in [-0.15, -0.1) is 0 Å². The average Bonchev–Trinajstić information content (AvgIpc) is 2.09. The van der Waals surface area contributed by atoms with E-state index >= 15 is 0 Å². The molecule has 0 aromatic rings. The van der Waals surface area contributed by atoms with Crippen molar-refractivity contribution in [1.82, 2.24) is 0 Å². The smallest absolute Gasteiger partial charge is 0.293 e. The van der Waals surface area contributed by atoms with E-state index in [2.05, 4.69) is 27.7 Å². The van der Waals surface area contributed by atoms with E-state index in [0.29, 0.717) is 13.0 Å². The van der Waals surface area contributed by atoms with Gasteiger partial charge in [0, 0.05) is 6.10 Å². The predicted molar refractivity (Wildman–Crippen MR) is 61.4 cm³/mol. The molecule has 0 saturated carbocycles. The van der Waals surface area contributed by atoms with Crippen LogP contribution in [0, 0.1) is 0 Å². The van der Waals surface area contributed by atoms with Gasteiger partial charge in [-0.3, -0.25) is 0 Å². The highest BCUT2D eigenvalue weighted by atomic mass is 16.4. The molecule has 0 fully saturated rings. The van der Waals surface area contributed by atoms with Gasteiger partial charge in [-0.1, -0.05) is 39.5 Å². The van der Waals surface area contributed by atoms with Crippen molar-refractivity contribution in [1.29, 1.82) is 0 Å². The first kappa shape index (κ1) is 13.0. The standard InChI is InChI=1S/C11H25BO/c1-5-7-9-12(10-8-6-2)13-11(3)4/h11H,5-10H2,1-4H3. The van der Waals surface area contributed by atoms with Crippen LogP contribution in [0.25, 0.3) is 0 Å². The summed E-state index contributed by atoms with van der Waals surface area (Å²) in [5.74, 6) is 0. The lowest BCUT2D eigenvalue weighted by molar-refractivity contribution is 0.240. The molecular formula is C11H25BO. The minimum absolute atomic E-state index is 0.388. The van der Waals surface area contributed by atoms with Gasteiger partial charge in [-0.05, 0) is 26.5 Å². The maximum absolute atomic E-state index is 5.85. The molecule has 0 unspecified atom stereocenters. The molecule has 0 aromatic heterocycles. The molecule has 0 rings (SSSR count). The van der Waals surface area contributed by atoms with Crippen molar-refractivity contribution in [3.63, 3.8) is 0 Å². The number of unbranched alkanes of at least 4 members (excludes halogenated alkanes) is 2. The molecule has 0 N–H and O–H groups in total. The zero-order valence-corrected chi connectivity index (χ0v) is 9.81. The zero-order valence-electron chi connectivity index (χ0n) is 9.81. The Morgan fingerprint density at radius 2 is 1.46 bits per heavy atom. The fourth-order valence-electron chi connectivity index (χ4n) is 1.53. The molecule has 0 spiro atoms. The molecule has 0 heterocycles. The molecule has 0 aliphatic heterocycles. The molecule has 78 valence electrons. The van der Waals surface area contributed by atoms with E-state index in [1.807, 2.05) is 0 Å². The topological polar surface area (TPSA) is 9.23 Å². The van der Waals surface area contributed by atoms with Gasteiger partial charge >= 0.3 is 0 Å². The Morgan fingerprint density at radius 3 is 1.77 bits per heavy atom. The summed E-state index contributed by atoms with van der Waals surface area (Å²) in [6, 6.07) is 0. The molecule has 0 bridgehead atoms. The zero-order chi connectivity index (χ0) is 10.1. The Hall–Kier alpha value is 0.0249. The van der Waals surface area contributed by atoms with Crippen molar-refractivity contribution in [2.75, 3.05) is 0 Å². The van der Waals surface area contributed by atoms with E-state index in [1.165, 1.54) is 38.3 Å². The predicted octanol–water partition coefficient (Wildman–Crippen LogP) is 4.00. The van der Waals surface area contributed by atoms with Crippen molar-refractivity contribution >= 4 is 6.92 Å². The molecule has 0 radical (unpaired) electrons. The largest absolute Gasteiger partial charge is 0.434 e. The third-order valence-electron chi connectivity index (χ3n) is 2.22. The van der Waals surface area contributed by atoms with Crippen LogP contribution in [0.1, 0.15) is 53.4 Å². The third kappa shape index (κ3) is 8.36. The highest BCUT2D eigenvalue weighted by molar-refractivity contribution is 6.51. The second-order valence-electron chi connectivity index (χ2n) is 4.09. The quantitative estimate of drug-likeness (QED) is 0.518. The van der Waals surface area contributed by atoms with E-state index in [9.17, 15) is 0 Å². The summed E-state index contributed by atoms with van der Waals surface area (Å²) in [6.45, 7) is 9.26. The Labute approximate surface area is 84.4 Å². The first-order chi connectivity index (χ1) is 6.20. The van der Waals surface area contributed by atoms with Gasteiger partial charge < -0.3 is 4.65 Å². The molecule has 0 atom stereocenters. The second kappa shape index (κ2) is 8.62. The van der Waals surface area contributed by atoms with Crippen molar-refractivity contribution < 1.29 is 4.65 Å². The minimum atomic E-state index is 0.388. The summed E-state index contributed by atoms with van der Waals surface area (Å²) >= 11 is 0. The minimum Gasteiger partial charge on any atom is -0.434 e. The SMILES string of the molecule is CCCCB(CCCC)OC(C)C. The highest BCUT2D eigenvalue weighted by Crippen LogP contribution is 2.12. The van der Waals surface area contributed by atoms with Gasteiger partial charge in [0.15, 0.2) is 0 Å². The Morgan fingerprint density at radius 1 is 1.00 bits per heavy atom. The molecule has 0 aliphatic rings. The molecular weight excluding hydrogens is 159 g/mol. The maximum atomic E-state index is 5.85. The van der Waals surface area contributed by atoms with E-state index in [-0.39, 0.29) is 0 Å². The van der Waals surface area contributed by atoms with E-state index in [4.69, 9.17) is 4.65 Å². The van der Waals surface area contributed by atoms with E-state index in [0.717, 1.165) is 0 Å². The van der Waals surface area contributed by atoms with E-state index in [1.54, 1.807) is 0 Å². The van der Waals surface area contributed by atoms with Crippen LogP contribution in [0.3, 0.4) is 0 Å². The lowest BCUT2D eigenvalue weighted by atomic mass is 9.59. The average molecular weight is 184 g/mol. The Bertz CT molecular complexity index is 96.3. The van der Waals surface area contributed by atoms with Gasteiger partial charge in [0.05, 0.1) is 0 Å². The van der Waals surface area contributed by atoms with Crippen molar-refractivity contribution in [2.45, 2.75) is 72.1 Å². The number of rotatable bonds is 8. The summed E-state index contributed by atoms with van der Waals surface area (Å²) in [7, 11) is 0. The van der Waals surface area contributed by atoms with Gasteiger partial charge in [0.1, 0.15) is 0 Å². The lowest BCUT2D eigenvalue weighted by Crippen LogP contribution is -2.21. The summed E-state index contributed by atoms with van der Waals surface area (Å²) < 4.78 is 5.85. The van der Waals surface area contributed by atoms with Gasteiger partial charge in [0.25, 0.3) is 6.92 Å². The molecule has 0 saturated heterocycles. The van der Waals surface area contributed by atoms with Crippen LogP contribution in [-0.4, -0.2) is 13.0 Å². The van der Waals surface area contributed by atoms with E-state index < -0.39 is 0 Å². The summed E-state index contributed by atoms with van der Waals surface area (Å²) in [5, 5.41) is 0. The first-order valence-electron chi connectivity index (χ1n) is 5.86. The fourth-order valence-corrected chi connectivity index (χ4v) is 1.53. The number of hydrogen-bond donors (Lipinski definition) is 0. The van der Waals surface area contributed by atoms with Gasteiger partial charge in [0.2, 0.25) is 0 Å². The van der Waals surface area contributed by atoms with Crippen LogP contribution < -0.4 is 0 Å². The maximum Gasteiger partial charge on any atom is 0.293 e. The number of hydrogen-bond acceptors (Lipinski definition) is 1. The van der Waals surface area contributed by atoms with Gasteiger partial charge in [-0.2, -0.15) is 0 Å². The summed E-state index contributed by atoms with van der Waals surface area (Å²) in [5.41, 5.74) is 0. The third-order valence-corrected chi connectivity index (χ3v) is 2.22. The monoisotopic (exact) mass is 184 g/mol. The van der Waals surface area contributed by atoms with Crippen molar-refractivity contribution in [2.24, 2.45) is 0 Å². The van der Waals surface area contributed by atoms with Gasteiger partial charge in [-0.25, -0.2) is 0 Å². The van der Waals surface area contributed by atoms with Crippen LogP contribution in [-0.2, 0) is 4.65 Å². The highest BCUT2D eigenvalue weighted by Gasteiger charge is 2.15. The Balaban J connectivity index is 3.60. The molecule has 0 aromatic carbocycles. The lowest BCUT2D eigenvalue weighted by Gasteiger charge is -2.16. The van der Waals surface area contributed by atoms with Crippen LogP contribution in [0.2, 0.25) is 12.6 Å². The molecule has 1 nitrogen and oxygen atoms in total. The summed E-state index contributed by atoms with van der Waals surface area (Å²) in [6.07, 6.45) is 8.05. The van der Waals surface area contributed by atoms with Crippen LogP contribution in [0.5, 0.6) is 0 Å². The van der Waals surface area contributed by atoms with Crippen LogP contribution in [0.4, 0.5) is 0 Å². The molecule has 0 aliphatic carbocycles. The normalized spacial score (nSPS) is 10.8. The first-order valence-corrected chi connectivity index (χ1v) is 5.86. The fraction of sp³-hybridized carbons (Fsp3) is 1.00.